The van der Waals surface area contributed by atoms with Crippen molar-refractivity contribution in [1.82, 2.24) is 0 Å². The summed E-state index contributed by atoms with van der Waals surface area (Å²) in [7, 11) is 0. The molecule has 0 saturated carbocycles. The molecule has 92 valence electrons. The second-order valence-electron chi connectivity index (χ2n) is 4.13. The Bertz CT molecular complexity index is 648. The Morgan fingerprint density at radius 1 is 0.833 bits per heavy atom. The van der Waals surface area contributed by atoms with Gasteiger partial charge in [0.25, 0.3) is 0 Å². The van der Waals surface area contributed by atoms with E-state index in [1.165, 1.54) is 24.3 Å². The van der Waals surface area contributed by atoms with Crippen molar-refractivity contribution in [3.05, 3.63) is 35.4 Å². The first-order valence-corrected chi connectivity index (χ1v) is 5.33. The van der Waals surface area contributed by atoms with Crippen molar-refractivity contribution in [3.63, 3.8) is 0 Å². The Morgan fingerprint density at radius 3 is 2.33 bits per heavy atom. The number of aromatic hydroxyl groups is 4. The summed E-state index contributed by atoms with van der Waals surface area (Å²) in [6.07, 6.45) is 0.219. The zero-order valence-corrected chi connectivity index (χ0v) is 9.21. The third kappa shape index (κ3) is 1.41. The fraction of sp³-hybridized carbons (Fsp3) is 0.0769. The molecule has 2 aromatic rings. The number of phenolic OH excluding ortho intramolecular Hbond substituents is 4. The molecule has 5 heteroatoms. The van der Waals surface area contributed by atoms with Crippen LogP contribution in [0.1, 0.15) is 11.1 Å². The van der Waals surface area contributed by atoms with Crippen LogP contribution in [0.4, 0.5) is 0 Å². The quantitative estimate of drug-likeness (QED) is 0.456. The Morgan fingerprint density at radius 2 is 1.56 bits per heavy atom. The minimum absolute atomic E-state index is 0.0130. The number of fused-ring (bicyclic) bond motifs is 2. The van der Waals surface area contributed by atoms with Crippen molar-refractivity contribution >= 4 is 0 Å². The molecule has 5 nitrogen and oxygen atoms in total. The Labute approximate surface area is 102 Å². The fourth-order valence-corrected chi connectivity index (χ4v) is 2.06. The smallest absolute Gasteiger partial charge is 0.176 e. The van der Waals surface area contributed by atoms with Crippen LogP contribution in [-0.4, -0.2) is 20.4 Å². The van der Waals surface area contributed by atoms with E-state index in [9.17, 15) is 20.4 Å². The minimum atomic E-state index is -0.130. The zero-order chi connectivity index (χ0) is 12.9. The van der Waals surface area contributed by atoms with E-state index in [0.717, 1.165) is 0 Å². The van der Waals surface area contributed by atoms with Gasteiger partial charge in [-0.25, -0.2) is 0 Å². The summed E-state index contributed by atoms with van der Waals surface area (Å²) in [6, 6.07) is 5.23. The van der Waals surface area contributed by atoms with Gasteiger partial charge in [-0.05, 0) is 12.1 Å². The first-order valence-electron chi connectivity index (χ1n) is 5.33. The number of hydrogen-bond acceptors (Lipinski definition) is 5. The maximum absolute atomic E-state index is 9.74. The lowest BCUT2D eigenvalue weighted by Gasteiger charge is -2.22. The molecule has 0 aromatic heterocycles. The highest BCUT2D eigenvalue weighted by molar-refractivity contribution is 5.63. The molecule has 0 spiro atoms. The van der Waals surface area contributed by atoms with Crippen molar-refractivity contribution in [2.24, 2.45) is 0 Å². The van der Waals surface area contributed by atoms with E-state index in [0.29, 0.717) is 11.1 Å². The topological polar surface area (TPSA) is 90.2 Å². The molecule has 1 aliphatic rings. The van der Waals surface area contributed by atoms with Crippen LogP contribution in [-0.2, 0) is 6.42 Å². The SMILES string of the molecule is Oc1cc(O)c2c(c1)Oc1c(O)ccc(O)c1C2. The molecule has 0 radical (unpaired) electrons. The van der Waals surface area contributed by atoms with E-state index in [1.807, 2.05) is 0 Å². The van der Waals surface area contributed by atoms with Gasteiger partial charge >= 0.3 is 0 Å². The molecule has 0 amide bonds. The maximum atomic E-state index is 9.74. The average molecular weight is 246 g/mol. The normalized spacial score (nSPS) is 12.4. The van der Waals surface area contributed by atoms with E-state index in [1.54, 1.807) is 0 Å². The van der Waals surface area contributed by atoms with Crippen molar-refractivity contribution in [3.8, 4) is 34.5 Å². The fourth-order valence-electron chi connectivity index (χ4n) is 2.06. The predicted molar refractivity (Wildman–Crippen MR) is 62.4 cm³/mol. The minimum Gasteiger partial charge on any atom is -0.508 e. The first kappa shape index (κ1) is 10.6. The molecule has 0 atom stereocenters. The summed E-state index contributed by atoms with van der Waals surface area (Å²) in [6.45, 7) is 0. The van der Waals surface area contributed by atoms with Crippen molar-refractivity contribution in [1.29, 1.82) is 0 Å². The van der Waals surface area contributed by atoms with Gasteiger partial charge in [0.15, 0.2) is 11.5 Å². The molecule has 3 rings (SSSR count). The van der Waals surface area contributed by atoms with Crippen LogP contribution in [0.15, 0.2) is 24.3 Å². The van der Waals surface area contributed by atoms with Gasteiger partial charge in [0.05, 0.1) is 0 Å². The summed E-state index contributed by atoms with van der Waals surface area (Å²) in [5.41, 5.74) is 0.865. The number of phenols is 4. The average Bonchev–Trinajstić information content (AvgIpc) is 2.32. The van der Waals surface area contributed by atoms with E-state index >= 15 is 0 Å². The lowest BCUT2D eigenvalue weighted by atomic mass is 9.98. The van der Waals surface area contributed by atoms with Crippen LogP contribution in [0.2, 0.25) is 0 Å². The van der Waals surface area contributed by atoms with E-state index < -0.39 is 0 Å². The standard InChI is InChI=1S/C13H10O5/c14-6-3-11(17)7-5-8-9(15)1-2-10(16)13(8)18-12(7)4-6/h1-4,14-17H,5H2. The van der Waals surface area contributed by atoms with Crippen LogP contribution >= 0.6 is 0 Å². The van der Waals surface area contributed by atoms with Crippen LogP contribution < -0.4 is 4.74 Å². The molecule has 0 aliphatic carbocycles. The lowest BCUT2D eigenvalue weighted by Crippen LogP contribution is -2.03. The molecule has 4 N–H and O–H groups in total. The van der Waals surface area contributed by atoms with Gasteiger partial charge in [0.1, 0.15) is 23.0 Å². The molecular weight excluding hydrogens is 236 g/mol. The molecule has 0 fully saturated rings. The molecule has 1 heterocycles. The van der Waals surface area contributed by atoms with Crippen molar-refractivity contribution in [2.45, 2.75) is 6.42 Å². The number of ether oxygens (including phenoxy) is 1. The third-order valence-electron chi connectivity index (χ3n) is 2.95. The molecule has 0 bridgehead atoms. The van der Waals surface area contributed by atoms with Crippen LogP contribution in [0.5, 0.6) is 34.5 Å². The Hall–Kier alpha value is -2.56. The van der Waals surface area contributed by atoms with E-state index in [4.69, 9.17) is 4.74 Å². The van der Waals surface area contributed by atoms with Gasteiger partial charge in [-0.1, -0.05) is 0 Å². The van der Waals surface area contributed by atoms with Gasteiger partial charge in [0.2, 0.25) is 0 Å². The second kappa shape index (κ2) is 3.46. The lowest BCUT2D eigenvalue weighted by molar-refractivity contribution is 0.377. The summed E-state index contributed by atoms with van der Waals surface area (Å²) < 4.78 is 5.42. The number of hydrogen-bond donors (Lipinski definition) is 4. The van der Waals surface area contributed by atoms with E-state index in [-0.39, 0.29) is 40.9 Å². The molecule has 18 heavy (non-hydrogen) atoms. The van der Waals surface area contributed by atoms with Crippen LogP contribution in [0, 0.1) is 0 Å². The van der Waals surface area contributed by atoms with Gasteiger partial charge in [0, 0.05) is 29.7 Å². The number of rotatable bonds is 0. The highest BCUT2D eigenvalue weighted by Crippen LogP contribution is 2.48. The van der Waals surface area contributed by atoms with Gasteiger partial charge < -0.3 is 25.2 Å². The molecule has 1 aliphatic heterocycles. The van der Waals surface area contributed by atoms with Crippen molar-refractivity contribution in [2.75, 3.05) is 0 Å². The second-order valence-corrected chi connectivity index (χ2v) is 4.13. The molecule has 2 aromatic carbocycles. The van der Waals surface area contributed by atoms with Crippen LogP contribution in [0.3, 0.4) is 0 Å². The summed E-state index contributed by atoms with van der Waals surface area (Å²) in [5.74, 6) is 0.0540. The molecular formula is C13H10O5. The molecule has 0 saturated heterocycles. The maximum Gasteiger partial charge on any atom is 0.176 e. The van der Waals surface area contributed by atoms with Crippen molar-refractivity contribution < 1.29 is 25.2 Å². The largest absolute Gasteiger partial charge is 0.508 e. The third-order valence-corrected chi connectivity index (χ3v) is 2.95. The molecule has 0 unspecified atom stereocenters. The first-order chi connectivity index (χ1) is 8.56. The van der Waals surface area contributed by atoms with Gasteiger partial charge in [-0.3, -0.25) is 0 Å². The van der Waals surface area contributed by atoms with E-state index in [2.05, 4.69) is 0 Å². The Kier molecular flexibility index (Phi) is 2.04. The van der Waals surface area contributed by atoms with Gasteiger partial charge in [-0.15, -0.1) is 0 Å². The summed E-state index contributed by atoms with van der Waals surface area (Å²) in [4.78, 5) is 0. The monoisotopic (exact) mass is 246 g/mol. The highest BCUT2D eigenvalue weighted by atomic mass is 16.5. The summed E-state index contributed by atoms with van der Waals surface area (Å²) >= 11 is 0. The number of benzene rings is 2. The van der Waals surface area contributed by atoms with Gasteiger partial charge in [-0.2, -0.15) is 0 Å². The highest BCUT2D eigenvalue weighted by Gasteiger charge is 2.25. The Balaban J connectivity index is 2.21. The van der Waals surface area contributed by atoms with Crippen LogP contribution in [0.25, 0.3) is 0 Å². The zero-order valence-electron chi connectivity index (χ0n) is 9.21. The summed E-state index contributed by atoms with van der Waals surface area (Å²) in [5, 5.41) is 38.5. The predicted octanol–water partition coefficient (Wildman–Crippen LogP) is 2.21.